The SMILES string of the molecule is CCCCC1C=CCN1C(=O)c1cc(CC(C)C)no1. The van der Waals surface area contributed by atoms with E-state index in [9.17, 15) is 4.79 Å². The van der Waals surface area contributed by atoms with Gasteiger partial charge >= 0.3 is 0 Å². The molecule has 1 aliphatic rings. The van der Waals surface area contributed by atoms with Crippen LogP contribution >= 0.6 is 0 Å². The lowest BCUT2D eigenvalue weighted by Crippen LogP contribution is -2.35. The van der Waals surface area contributed by atoms with Crippen LogP contribution in [0.4, 0.5) is 0 Å². The van der Waals surface area contributed by atoms with Gasteiger partial charge in [0.1, 0.15) is 0 Å². The van der Waals surface area contributed by atoms with E-state index in [-0.39, 0.29) is 11.9 Å². The Labute approximate surface area is 120 Å². The van der Waals surface area contributed by atoms with Crippen LogP contribution in [0.3, 0.4) is 0 Å². The van der Waals surface area contributed by atoms with Gasteiger partial charge in [-0.25, -0.2) is 0 Å². The van der Waals surface area contributed by atoms with Crippen molar-refractivity contribution in [2.45, 2.75) is 52.5 Å². The Morgan fingerprint density at radius 3 is 3.05 bits per heavy atom. The molecular formula is C16H24N2O2. The lowest BCUT2D eigenvalue weighted by Gasteiger charge is -2.23. The summed E-state index contributed by atoms with van der Waals surface area (Å²) < 4.78 is 5.22. The number of nitrogens with zero attached hydrogens (tertiary/aromatic N) is 2. The van der Waals surface area contributed by atoms with Gasteiger partial charge in [0.2, 0.25) is 5.76 Å². The van der Waals surface area contributed by atoms with Crippen molar-refractivity contribution in [3.63, 3.8) is 0 Å². The highest BCUT2D eigenvalue weighted by atomic mass is 16.5. The van der Waals surface area contributed by atoms with Crippen molar-refractivity contribution >= 4 is 5.91 Å². The molecule has 1 aliphatic heterocycles. The zero-order valence-corrected chi connectivity index (χ0v) is 12.6. The normalized spacial score (nSPS) is 18.2. The maximum Gasteiger partial charge on any atom is 0.293 e. The van der Waals surface area contributed by atoms with Gasteiger partial charge in [-0.3, -0.25) is 4.79 Å². The molecule has 1 atom stereocenters. The van der Waals surface area contributed by atoms with E-state index in [0.717, 1.165) is 31.4 Å². The van der Waals surface area contributed by atoms with Gasteiger partial charge in [0, 0.05) is 12.6 Å². The van der Waals surface area contributed by atoms with E-state index in [0.29, 0.717) is 18.2 Å². The summed E-state index contributed by atoms with van der Waals surface area (Å²) in [5.41, 5.74) is 0.862. The fraction of sp³-hybridized carbons (Fsp3) is 0.625. The van der Waals surface area contributed by atoms with Crippen LogP contribution in [0.5, 0.6) is 0 Å². The Hall–Kier alpha value is -1.58. The Bertz CT molecular complexity index is 477. The number of hydrogen-bond acceptors (Lipinski definition) is 3. The molecule has 20 heavy (non-hydrogen) atoms. The van der Waals surface area contributed by atoms with E-state index in [1.807, 2.05) is 4.90 Å². The standard InChI is InChI=1S/C16H24N2O2/c1-4-5-7-14-8-6-9-18(14)16(19)15-11-13(17-20-15)10-12(2)3/h6,8,11-12,14H,4-5,7,9-10H2,1-3H3. The van der Waals surface area contributed by atoms with Crippen LogP contribution in [0.25, 0.3) is 0 Å². The largest absolute Gasteiger partial charge is 0.351 e. The van der Waals surface area contributed by atoms with Crippen molar-refractivity contribution in [2.75, 3.05) is 6.54 Å². The number of carbonyl (C=O) groups excluding carboxylic acids is 1. The summed E-state index contributed by atoms with van der Waals surface area (Å²) in [6, 6.07) is 2.00. The zero-order valence-electron chi connectivity index (χ0n) is 12.6. The number of unbranched alkanes of at least 4 members (excludes halogenated alkanes) is 1. The Morgan fingerprint density at radius 1 is 1.55 bits per heavy atom. The maximum absolute atomic E-state index is 12.5. The van der Waals surface area contributed by atoms with Gasteiger partial charge in [-0.2, -0.15) is 0 Å². The summed E-state index contributed by atoms with van der Waals surface area (Å²) in [5.74, 6) is 0.832. The first-order valence-corrected chi connectivity index (χ1v) is 7.55. The van der Waals surface area contributed by atoms with Gasteiger partial charge in [0.05, 0.1) is 11.7 Å². The van der Waals surface area contributed by atoms with Gasteiger partial charge < -0.3 is 9.42 Å². The van der Waals surface area contributed by atoms with E-state index in [4.69, 9.17) is 4.52 Å². The second kappa shape index (κ2) is 6.73. The summed E-state index contributed by atoms with van der Waals surface area (Å²) in [7, 11) is 0. The second-order valence-electron chi connectivity index (χ2n) is 5.88. The van der Waals surface area contributed by atoms with Gasteiger partial charge in [0.15, 0.2) is 0 Å². The molecule has 1 unspecified atom stereocenters. The summed E-state index contributed by atoms with van der Waals surface area (Å²) in [6.07, 6.45) is 8.32. The number of aromatic nitrogens is 1. The first-order valence-electron chi connectivity index (χ1n) is 7.55. The molecule has 4 heteroatoms. The molecule has 0 N–H and O–H groups in total. The molecule has 4 nitrogen and oxygen atoms in total. The Morgan fingerprint density at radius 2 is 2.35 bits per heavy atom. The molecule has 2 rings (SSSR count). The lowest BCUT2D eigenvalue weighted by atomic mass is 10.1. The summed E-state index contributed by atoms with van der Waals surface area (Å²) >= 11 is 0. The van der Waals surface area contributed by atoms with Crippen LogP contribution < -0.4 is 0 Å². The van der Waals surface area contributed by atoms with E-state index < -0.39 is 0 Å². The molecule has 1 aromatic rings. The minimum Gasteiger partial charge on any atom is -0.351 e. The van der Waals surface area contributed by atoms with E-state index in [1.165, 1.54) is 0 Å². The third-order valence-corrected chi connectivity index (χ3v) is 3.56. The van der Waals surface area contributed by atoms with E-state index in [2.05, 4.69) is 38.1 Å². The van der Waals surface area contributed by atoms with Crippen molar-refractivity contribution in [1.29, 1.82) is 0 Å². The molecule has 0 spiro atoms. The highest BCUT2D eigenvalue weighted by Crippen LogP contribution is 2.20. The quantitative estimate of drug-likeness (QED) is 0.748. The van der Waals surface area contributed by atoms with Crippen LogP contribution in [0.15, 0.2) is 22.7 Å². The van der Waals surface area contributed by atoms with Crippen LogP contribution in [0.1, 0.15) is 56.3 Å². The van der Waals surface area contributed by atoms with Crippen molar-refractivity contribution in [3.05, 3.63) is 29.7 Å². The number of hydrogen-bond donors (Lipinski definition) is 0. The van der Waals surface area contributed by atoms with Gasteiger partial charge in [-0.15, -0.1) is 0 Å². The average Bonchev–Trinajstić information content (AvgIpc) is 3.03. The molecule has 1 aromatic heterocycles. The highest BCUT2D eigenvalue weighted by molar-refractivity contribution is 5.92. The van der Waals surface area contributed by atoms with Crippen molar-refractivity contribution in [2.24, 2.45) is 5.92 Å². The summed E-state index contributed by atoms with van der Waals surface area (Å²) in [6.45, 7) is 7.09. The van der Waals surface area contributed by atoms with E-state index >= 15 is 0 Å². The third kappa shape index (κ3) is 3.50. The first-order chi connectivity index (χ1) is 9.61. The zero-order chi connectivity index (χ0) is 14.5. The molecule has 0 saturated heterocycles. The van der Waals surface area contributed by atoms with Crippen LogP contribution in [-0.4, -0.2) is 28.6 Å². The van der Waals surface area contributed by atoms with Crippen LogP contribution in [0, 0.1) is 5.92 Å². The number of rotatable bonds is 6. The first kappa shape index (κ1) is 14.8. The molecule has 0 aromatic carbocycles. The van der Waals surface area contributed by atoms with Crippen molar-refractivity contribution in [1.82, 2.24) is 10.1 Å². The third-order valence-electron chi connectivity index (χ3n) is 3.56. The fourth-order valence-corrected chi connectivity index (χ4v) is 2.54. The molecule has 0 fully saturated rings. The second-order valence-corrected chi connectivity index (χ2v) is 5.88. The Balaban J connectivity index is 2.01. The van der Waals surface area contributed by atoms with Gasteiger partial charge in [0.25, 0.3) is 5.91 Å². The minimum absolute atomic E-state index is 0.0430. The molecular weight excluding hydrogens is 252 g/mol. The minimum atomic E-state index is -0.0430. The predicted octanol–water partition coefficient (Wildman–Crippen LogP) is 3.44. The maximum atomic E-state index is 12.5. The molecule has 0 radical (unpaired) electrons. The molecule has 0 aliphatic carbocycles. The van der Waals surface area contributed by atoms with E-state index in [1.54, 1.807) is 6.07 Å². The predicted molar refractivity (Wildman–Crippen MR) is 78.5 cm³/mol. The van der Waals surface area contributed by atoms with Crippen molar-refractivity contribution in [3.8, 4) is 0 Å². The number of carbonyl (C=O) groups is 1. The molecule has 110 valence electrons. The number of amides is 1. The highest BCUT2D eigenvalue weighted by Gasteiger charge is 2.27. The van der Waals surface area contributed by atoms with Gasteiger partial charge in [-0.1, -0.05) is 50.9 Å². The summed E-state index contributed by atoms with van der Waals surface area (Å²) in [5, 5.41) is 3.99. The van der Waals surface area contributed by atoms with Gasteiger partial charge in [-0.05, 0) is 18.8 Å². The molecule has 0 bridgehead atoms. The fourth-order valence-electron chi connectivity index (χ4n) is 2.54. The Kier molecular flexibility index (Phi) is 4.99. The average molecular weight is 276 g/mol. The molecule has 1 amide bonds. The van der Waals surface area contributed by atoms with Crippen molar-refractivity contribution < 1.29 is 9.32 Å². The van der Waals surface area contributed by atoms with Crippen LogP contribution in [0.2, 0.25) is 0 Å². The molecule has 2 heterocycles. The summed E-state index contributed by atoms with van der Waals surface area (Å²) in [4.78, 5) is 14.3. The van der Waals surface area contributed by atoms with Crippen LogP contribution in [-0.2, 0) is 6.42 Å². The molecule has 0 saturated carbocycles. The topological polar surface area (TPSA) is 46.3 Å². The monoisotopic (exact) mass is 276 g/mol. The lowest BCUT2D eigenvalue weighted by molar-refractivity contribution is 0.0701. The smallest absolute Gasteiger partial charge is 0.293 e.